The molecule has 0 saturated carbocycles. The van der Waals surface area contributed by atoms with Crippen molar-refractivity contribution in [2.75, 3.05) is 0 Å². The molecule has 2 rings (SSSR count). The Balaban J connectivity index is 1.84. The third-order valence-corrected chi connectivity index (χ3v) is 3.09. The van der Waals surface area contributed by atoms with Gasteiger partial charge in [-0.15, -0.1) is 0 Å². The van der Waals surface area contributed by atoms with Gasteiger partial charge in [0.15, 0.2) is 0 Å². The van der Waals surface area contributed by atoms with Gasteiger partial charge in [-0.2, -0.15) is 0 Å². The highest BCUT2D eigenvalue weighted by molar-refractivity contribution is 5.97. The predicted molar refractivity (Wildman–Crippen MR) is 81.7 cm³/mol. The van der Waals surface area contributed by atoms with Crippen molar-refractivity contribution in [2.45, 2.75) is 19.5 Å². The Hall–Kier alpha value is -2.62. The van der Waals surface area contributed by atoms with Crippen LogP contribution in [0.3, 0.4) is 0 Å². The van der Waals surface area contributed by atoms with Crippen LogP contribution < -0.4 is 10.6 Å². The maximum absolute atomic E-state index is 12.0. The van der Waals surface area contributed by atoms with Crippen molar-refractivity contribution >= 4 is 11.8 Å². The molecule has 0 aromatic heterocycles. The van der Waals surface area contributed by atoms with Gasteiger partial charge in [0, 0.05) is 12.1 Å². The summed E-state index contributed by atoms with van der Waals surface area (Å²) >= 11 is 0. The van der Waals surface area contributed by atoms with Crippen molar-refractivity contribution in [2.24, 2.45) is 0 Å². The molecule has 2 N–H and O–H groups in total. The standard InChI is InChI=1S/C17H18N2O2/c1-13(19-17(21)15-10-6-3-7-11-15)16(20)18-12-14-8-4-2-5-9-14/h2-11,13H,12H2,1H3,(H,18,20)(H,19,21). The first-order valence-electron chi connectivity index (χ1n) is 6.84. The molecule has 2 aromatic carbocycles. The number of carbonyl (C=O) groups excluding carboxylic acids is 2. The van der Waals surface area contributed by atoms with Gasteiger partial charge in [0.1, 0.15) is 6.04 Å². The summed E-state index contributed by atoms with van der Waals surface area (Å²) in [6.07, 6.45) is 0. The van der Waals surface area contributed by atoms with Crippen molar-refractivity contribution in [1.82, 2.24) is 10.6 Å². The first-order chi connectivity index (χ1) is 10.2. The summed E-state index contributed by atoms with van der Waals surface area (Å²) in [7, 11) is 0. The van der Waals surface area contributed by atoms with Crippen molar-refractivity contribution in [1.29, 1.82) is 0 Å². The maximum Gasteiger partial charge on any atom is 0.251 e. The fourth-order valence-electron chi connectivity index (χ4n) is 1.87. The van der Waals surface area contributed by atoms with E-state index in [0.29, 0.717) is 12.1 Å². The fourth-order valence-corrected chi connectivity index (χ4v) is 1.87. The summed E-state index contributed by atoms with van der Waals surface area (Å²) in [5.41, 5.74) is 1.56. The molecule has 2 aromatic rings. The van der Waals surface area contributed by atoms with Crippen LogP contribution in [0.2, 0.25) is 0 Å². The van der Waals surface area contributed by atoms with Crippen LogP contribution in [-0.4, -0.2) is 17.9 Å². The van der Waals surface area contributed by atoms with Crippen LogP contribution in [0.5, 0.6) is 0 Å². The van der Waals surface area contributed by atoms with Crippen LogP contribution in [0.25, 0.3) is 0 Å². The number of carbonyl (C=O) groups is 2. The largest absolute Gasteiger partial charge is 0.350 e. The number of hydrogen-bond acceptors (Lipinski definition) is 2. The molecular weight excluding hydrogens is 264 g/mol. The van der Waals surface area contributed by atoms with Crippen molar-refractivity contribution in [3.63, 3.8) is 0 Å². The third kappa shape index (κ3) is 4.45. The van der Waals surface area contributed by atoms with E-state index in [1.54, 1.807) is 31.2 Å². The molecule has 21 heavy (non-hydrogen) atoms. The van der Waals surface area contributed by atoms with Crippen LogP contribution in [0.1, 0.15) is 22.8 Å². The summed E-state index contributed by atoms with van der Waals surface area (Å²) in [5, 5.41) is 5.48. The van der Waals surface area contributed by atoms with Gasteiger partial charge in [0.25, 0.3) is 5.91 Å². The summed E-state index contributed by atoms with van der Waals surface area (Å²) in [6, 6.07) is 17.9. The molecule has 0 bridgehead atoms. The molecule has 2 amide bonds. The molecule has 0 aliphatic heterocycles. The Bertz CT molecular complexity index is 597. The lowest BCUT2D eigenvalue weighted by atomic mass is 10.2. The molecule has 0 spiro atoms. The van der Waals surface area contributed by atoms with Gasteiger partial charge in [-0.05, 0) is 24.6 Å². The van der Waals surface area contributed by atoms with Crippen LogP contribution >= 0.6 is 0 Å². The average molecular weight is 282 g/mol. The summed E-state index contributed by atoms with van der Waals surface area (Å²) < 4.78 is 0. The van der Waals surface area contributed by atoms with E-state index in [1.807, 2.05) is 36.4 Å². The number of amides is 2. The van der Waals surface area contributed by atoms with Gasteiger partial charge in [-0.3, -0.25) is 9.59 Å². The number of rotatable bonds is 5. The maximum atomic E-state index is 12.0. The molecule has 0 aliphatic carbocycles. The lowest BCUT2D eigenvalue weighted by Crippen LogP contribution is -2.44. The topological polar surface area (TPSA) is 58.2 Å². The zero-order chi connectivity index (χ0) is 15.1. The molecule has 4 heteroatoms. The van der Waals surface area contributed by atoms with E-state index in [4.69, 9.17) is 0 Å². The monoisotopic (exact) mass is 282 g/mol. The van der Waals surface area contributed by atoms with Gasteiger partial charge >= 0.3 is 0 Å². The molecule has 0 fully saturated rings. The highest BCUT2D eigenvalue weighted by Crippen LogP contribution is 2.00. The minimum atomic E-state index is -0.582. The van der Waals surface area contributed by atoms with Crippen LogP contribution in [-0.2, 0) is 11.3 Å². The third-order valence-electron chi connectivity index (χ3n) is 3.09. The molecule has 108 valence electrons. The zero-order valence-electron chi connectivity index (χ0n) is 11.9. The van der Waals surface area contributed by atoms with Crippen molar-refractivity contribution in [3.8, 4) is 0 Å². The lowest BCUT2D eigenvalue weighted by Gasteiger charge is -2.14. The van der Waals surface area contributed by atoms with E-state index in [9.17, 15) is 9.59 Å². The van der Waals surface area contributed by atoms with E-state index < -0.39 is 6.04 Å². The van der Waals surface area contributed by atoms with Gasteiger partial charge in [-0.1, -0.05) is 48.5 Å². The SMILES string of the molecule is CC(NC(=O)c1ccccc1)C(=O)NCc1ccccc1. The Kier molecular flexibility index (Phi) is 5.10. The highest BCUT2D eigenvalue weighted by atomic mass is 16.2. The van der Waals surface area contributed by atoms with E-state index in [2.05, 4.69) is 10.6 Å². The molecule has 4 nitrogen and oxygen atoms in total. The minimum Gasteiger partial charge on any atom is -0.350 e. The average Bonchev–Trinajstić information content (AvgIpc) is 2.54. The second-order valence-electron chi connectivity index (χ2n) is 4.76. The summed E-state index contributed by atoms with van der Waals surface area (Å²) in [4.78, 5) is 23.9. The molecular formula is C17H18N2O2. The Morgan fingerprint density at radius 2 is 1.52 bits per heavy atom. The lowest BCUT2D eigenvalue weighted by molar-refractivity contribution is -0.122. The number of hydrogen-bond donors (Lipinski definition) is 2. The van der Waals surface area contributed by atoms with E-state index in [-0.39, 0.29) is 11.8 Å². The summed E-state index contributed by atoms with van der Waals surface area (Å²) in [6.45, 7) is 2.12. The second kappa shape index (κ2) is 7.24. The summed E-state index contributed by atoms with van der Waals surface area (Å²) in [5.74, 6) is -0.457. The number of benzene rings is 2. The quantitative estimate of drug-likeness (QED) is 0.882. The normalized spacial score (nSPS) is 11.5. The van der Waals surface area contributed by atoms with E-state index >= 15 is 0 Å². The Labute approximate surface area is 124 Å². The van der Waals surface area contributed by atoms with Crippen molar-refractivity contribution in [3.05, 3.63) is 71.8 Å². The molecule has 0 aliphatic rings. The van der Waals surface area contributed by atoms with E-state index in [0.717, 1.165) is 5.56 Å². The molecule has 0 radical (unpaired) electrons. The van der Waals surface area contributed by atoms with Crippen LogP contribution in [0.15, 0.2) is 60.7 Å². The van der Waals surface area contributed by atoms with Crippen molar-refractivity contribution < 1.29 is 9.59 Å². The predicted octanol–water partition coefficient (Wildman–Crippen LogP) is 2.12. The molecule has 1 atom stereocenters. The van der Waals surface area contributed by atoms with Crippen LogP contribution in [0.4, 0.5) is 0 Å². The first-order valence-corrected chi connectivity index (χ1v) is 6.84. The Morgan fingerprint density at radius 1 is 0.952 bits per heavy atom. The molecule has 0 saturated heterocycles. The number of nitrogens with one attached hydrogen (secondary N) is 2. The molecule has 0 heterocycles. The van der Waals surface area contributed by atoms with Gasteiger partial charge in [-0.25, -0.2) is 0 Å². The zero-order valence-corrected chi connectivity index (χ0v) is 11.9. The molecule has 1 unspecified atom stereocenters. The second-order valence-corrected chi connectivity index (χ2v) is 4.76. The highest BCUT2D eigenvalue weighted by Gasteiger charge is 2.15. The Morgan fingerprint density at radius 3 is 2.14 bits per heavy atom. The van der Waals surface area contributed by atoms with Gasteiger partial charge < -0.3 is 10.6 Å². The first kappa shape index (κ1) is 14.8. The van der Waals surface area contributed by atoms with Crippen LogP contribution in [0, 0.1) is 0 Å². The van der Waals surface area contributed by atoms with Gasteiger partial charge in [0.05, 0.1) is 0 Å². The fraction of sp³-hybridized carbons (Fsp3) is 0.176. The van der Waals surface area contributed by atoms with E-state index in [1.165, 1.54) is 0 Å². The van der Waals surface area contributed by atoms with Gasteiger partial charge in [0.2, 0.25) is 5.91 Å². The minimum absolute atomic E-state index is 0.205. The smallest absolute Gasteiger partial charge is 0.251 e.